The summed E-state index contributed by atoms with van der Waals surface area (Å²) in [5.41, 5.74) is 2.96. The van der Waals surface area contributed by atoms with Gasteiger partial charge in [-0.2, -0.15) is 0 Å². The Balaban J connectivity index is 1.70. The summed E-state index contributed by atoms with van der Waals surface area (Å²) in [6.07, 6.45) is 0.679. The Morgan fingerprint density at radius 3 is 2.48 bits per heavy atom. The van der Waals surface area contributed by atoms with Gasteiger partial charge < -0.3 is 19.8 Å². The Morgan fingerprint density at radius 1 is 1.11 bits per heavy atom. The number of nitrogens with one attached hydrogen (secondary N) is 2. The summed E-state index contributed by atoms with van der Waals surface area (Å²) >= 11 is 0. The van der Waals surface area contributed by atoms with Crippen LogP contribution in [0.15, 0.2) is 47.3 Å². The number of benzene rings is 2. The molecule has 0 bridgehead atoms. The van der Waals surface area contributed by atoms with E-state index in [1.54, 1.807) is 37.4 Å². The van der Waals surface area contributed by atoms with E-state index >= 15 is 0 Å². The minimum Gasteiger partial charge on any atom is -0.497 e. The molecule has 0 saturated carbocycles. The molecule has 1 heterocycles. The molecule has 1 aromatic heterocycles. The standard InChI is InChI=1S/C21H22N2O4/c1-4-17-13(2)18-10-5-14(11-19(18)23-21(17)25)22-20(24)12-27-16-8-6-15(26-3)7-9-16/h5-11H,4,12H2,1-3H3,(H,22,24)(H,23,25). The summed E-state index contributed by atoms with van der Waals surface area (Å²) in [5, 5.41) is 3.75. The Hall–Kier alpha value is -3.28. The van der Waals surface area contributed by atoms with E-state index in [-0.39, 0.29) is 18.1 Å². The largest absolute Gasteiger partial charge is 0.497 e. The Labute approximate surface area is 157 Å². The third-order valence-electron chi connectivity index (χ3n) is 4.47. The molecule has 6 heteroatoms. The second-order valence-electron chi connectivity index (χ2n) is 6.18. The number of hydrogen-bond acceptors (Lipinski definition) is 4. The second-order valence-corrected chi connectivity index (χ2v) is 6.18. The van der Waals surface area contributed by atoms with Gasteiger partial charge in [0.05, 0.1) is 12.6 Å². The Morgan fingerprint density at radius 2 is 1.81 bits per heavy atom. The second kappa shape index (κ2) is 7.95. The molecule has 0 aliphatic carbocycles. The number of H-pyrrole nitrogens is 1. The molecule has 0 spiro atoms. The van der Waals surface area contributed by atoms with Gasteiger partial charge in [0, 0.05) is 16.6 Å². The van der Waals surface area contributed by atoms with Crippen LogP contribution in [0.25, 0.3) is 10.9 Å². The van der Waals surface area contributed by atoms with Crippen LogP contribution in [0.1, 0.15) is 18.1 Å². The van der Waals surface area contributed by atoms with Crippen LogP contribution in [0.5, 0.6) is 11.5 Å². The molecule has 3 rings (SSSR count). The molecule has 27 heavy (non-hydrogen) atoms. The quantitative estimate of drug-likeness (QED) is 0.700. The van der Waals surface area contributed by atoms with Gasteiger partial charge in [-0.15, -0.1) is 0 Å². The summed E-state index contributed by atoms with van der Waals surface area (Å²) in [5.74, 6) is 1.02. The first kappa shape index (κ1) is 18.5. The third-order valence-corrected chi connectivity index (χ3v) is 4.47. The zero-order chi connectivity index (χ0) is 19.4. The smallest absolute Gasteiger partial charge is 0.262 e. The molecular weight excluding hydrogens is 344 g/mol. The number of hydrogen-bond donors (Lipinski definition) is 2. The molecule has 0 atom stereocenters. The van der Waals surface area contributed by atoms with Crippen LogP contribution in [0, 0.1) is 6.92 Å². The van der Waals surface area contributed by atoms with Crippen LogP contribution >= 0.6 is 0 Å². The lowest BCUT2D eigenvalue weighted by Gasteiger charge is -2.11. The van der Waals surface area contributed by atoms with Crippen molar-refractivity contribution in [3.8, 4) is 11.5 Å². The number of ether oxygens (including phenoxy) is 2. The monoisotopic (exact) mass is 366 g/mol. The lowest BCUT2D eigenvalue weighted by Crippen LogP contribution is -2.20. The number of rotatable bonds is 6. The maximum absolute atomic E-state index is 12.2. The van der Waals surface area contributed by atoms with E-state index < -0.39 is 0 Å². The van der Waals surface area contributed by atoms with Crippen molar-refractivity contribution in [3.63, 3.8) is 0 Å². The number of anilines is 1. The van der Waals surface area contributed by atoms with Crippen molar-refractivity contribution < 1.29 is 14.3 Å². The normalized spacial score (nSPS) is 10.6. The number of carbonyl (C=O) groups excluding carboxylic acids is 1. The van der Waals surface area contributed by atoms with E-state index in [4.69, 9.17) is 9.47 Å². The van der Waals surface area contributed by atoms with Crippen molar-refractivity contribution in [1.82, 2.24) is 4.98 Å². The zero-order valence-electron chi connectivity index (χ0n) is 15.6. The van der Waals surface area contributed by atoms with Gasteiger partial charge in [-0.1, -0.05) is 13.0 Å². The van der Waals surface area contributed by atoms with Crippen molar-refractivity contribution >= 4 is 22.5 Å². The van der Waals surface area contributed by atoms with Crippen molar-refractivity contribution in [1.29, 1.82) is 0 Å². The summed E-state index contributed by atoms with van der Waals surface area (Å²) in [6, 6.07) is 12.5. The van der Waals surface area contributed by atoms with Crippen LogP contribution in [-0.4, -0.2) is 24.6 Å². The van der Waals surface area contributed by atoms with Gasteiger partial charge >= 0.3 is 0 Å². The summed E-state index contributed by atoms with van der Waals surface area (Å²) < 4.78 is 10.6. The van der Waals surface area contributed by atoms with Crippen LogP contribution < -0.4 is 20.3 Å². The van der Waals surface area contributed by atoms with Crippen LogP contribution in [-0.2, 0) is 11.2 Å². The summed E-state index contributed by atoms with van der Waals surface area (Å²) in [7, 11) is 1.59. The van der Waals surface area contributed by atoms with Crippen molar-refractivity contribution in [2.45, 2.75) is 20.3 Å². The number of aryl methyl sites for hydroxylation is 1. The minimum absolute atomic E-state index is 0.0891. The van der Waals surface area contributed by atoms with Crippen LogP contribution in [0.4, 0.5) is 5.69 Å². The topological polar surface area (TPSA) is 80.4 Å². The minimum atomic E-state index is -0.283. The van der Waals surface area contributed by atoms with Gasteiger partial charge in [-0.3, -0.25) is 9.59 Å². The molecule has 0 unspecified atom stereocenters. The fraction of sp³-hybridized carbons (Fsp3) is 0.238. The molecule has 0 aliphatic rings. The van der Waals surface area contributed by atoms with Gasteiger partial charge in [-0.05, 0) is 55.3 Å². The predicted molar refractivity (Wildman–Crippen MR) is 106 cm³/mol. The predicted octanol–water partition coefficient (Wildman–Crippen LogP) is 3.43. The van der Waals surface area contributed by atoms with Crippen molar-refractivity contribution in [2.24, 2.45) is 0 Å². The number of aromatic nitrogens is 1. The van der Waals surface area contributed by atoms with Gasteiger partial charge in [-0.25, -0.2) is 0 Å². The highest BCUT2D eigenvalue weighted by atomic mass is 16.5. The number of aromatic amines is 1. The summed E-state index contributed by atoms with van der Waals surface area (Å²) in [4.78, 5) is 27.2. The highest BCUT2D eigenvalue weighted by Crippen LogP contribution is 2.22. The third kappa shape index (κ3) is 4.11. The maximum atomic E-state index is 12.2. The van der Waals surface area contributed by atoms with E-state index in [0.717, 1.165) is 22.3 Å². The number of pyridine rings is 1. The lowest BCUT2D eigenvalue weighted by molar-refractivity contribution is -0.118. The lowest BCUT2D eigenvalue weighted by atomic mass is 10.0. The maximum Gasteiger partial charge on any atom is 0.262 e. The first-order valence-corrected chi connectivity index (χ1v) is 8.74. The van der Waals surface area contributed by atoms with Gasteiger partial charge in [0.2, 0.25) is 0 Å². The number of methoxy groups -OCH3 is 1. The van der Waals surface area contributed by atoms with Crippen LogP contribution in [0.2, 0.25) is 0 Å². The Kier molecular flexibility index (Phi) is 5.45. The highest BCUT2D eigenvalue weighted by Gasteiger charge is 2.09. The fourth-order valence-electron chi connectivity index (χ4n) is 3.03. The summed E-state index contributed by atoms with van der Waals surface area (Å²) in [6.45, 7) is 3.78. The van der Waals surface area contributed by atoms with E-state index in [2.05, 4.69) is 10.3 Å². The molecule has 2 N–H and O–H groups in total. The number of carbonyl (C=O) groups is 1. The first-order chi connectivity index (χ1) is 13.0. The van der Waals surface area contributed by atoms with E-state index in [9.17, 15) is 9.59 Å². The molecule has 0 fully saturated rings. The molecule has 140 valence electrons. The van der Waals surface area contributed by atoms with Gasteiger partial charge in [0.1, 0.15) is 11.5 Å². The molecule has 0 radical (unpaired) electrons. The zero-order valence-corrected chi connectivity index (χ0v) is 15.6. The highest BCUT2D eigenvalue weighted by molar-refractivity contribution is 5.95. The van der Waals surface area contributed by atoms with Crippen molar-refractivity contribution in [3.05, 3.63) is 63.9 Å². The molecule has 0 saturated heterocycles. The Bertz CT molecular complexity index is 1020. The fourth-order valence-corrected chi connectivity index (χ4v) is 3.03. The van der Waals surface area contributed by atoms with Crippen LogP contribution in [0.3, 0.4) is 0 Å². The number of amides is 1. The average Bonchev–Trinajstić information content (AvgIpc) is 2.67. The van der Waals surface area contributed by atoms with E-state index in [1.807, 2.05) is 26.0 Å². The first-order valence-electron chi connectivity index (χ1n) is 8.74. The van der Waals surface area contributed by atoms with E-state index in [0.29, 0.717) is 23.4 Å². The molecular formula is C21H22N2O4. The molecule has 2 aromatic carbocycles. The van der Waals surface area contributed by atoms with Gasteiger partial charge in [0.25, 0.3) is 11.5 Å². The van der Waals surface area contributed by atoms with E-state index in [1.165, 1.54) is 0 Å². The molecule has 0 aliphatic heterocycles. The van der Waals surface area contributed by atoms with Crippen molar-refractivity contribution in [2.75, 3.05) is 19.0 Å². The molecule has 1 amide bonds. The number of fused-ring (bicyclic) bond motifs is 1. The SMILES string of the molecule is CCc1c(C)c2ccc(NC(=O)COc3ccc(OC)cc3)cc2[nH]c1=O. The average molecular weight is 366 g/mol. The molecule has 3 aromatic rings. The molecule has 6 nitrogen and oxygen atoms in total. The van der Waals surface area contributed by atoms with Gasteiger partial charge in [0.15, 0.2) is 6.61 Å².